The van der Waals surface area contributed by atoms with Gasteiger partial charge in [-0.1, -0.05) is 37.8 Å². The van der Waals surface area contributed by atoms with Crippen molar-refractivity contribution in [2.24, 2.45) is 0 Å². The Labute approximate surface area is 170 Å². The number of rotatable bonds is 4. The molecule has 0 radical (unpaired) electrons. The van der Waals surface area contributed by atoms with Crippen molar-refractivity contribution in [3.63, 3.8) is 0 Å². The van der Waals surface area contributed by atoms with Crippen molar-refractivity contribution < 1.29 is 24.7 Å². The predicted molar refractivity (Wildman–Crippen MR) is 107 cm³/mol. The number of hydrogen-bond acceptors (Lipinski definition) is 6. The molecule has 2 fully saturated rings. The highest BCUT2D eigenvalue weighted by atomic mass is 16.6. The first kappa shape index (κ1) is 22.8. The second-order valence-electron chi connectivity index (χ2n) is 7.49. The van der Waals surface area contributed by atoms with Crippen molar-refractivity contribution in [1.82, 2.24) is 9.80 Å². The van der Waals surface area contributed by atoms with E-state index in [2.05, 4.69) is 9.80 Å². The number of nitro benzene ring substituents is 1. The minimum atomic E-state index is -1.82. The first-order valence-corrected chi connectivity index (χ1v) is 10.0. The van der Waals surface area contributed by atoms with Crippen molar-refractivity contribution in [3.05, 3.63) is 39.9 Å². The van der Waals surface area contributed by atoms with Crippen molar-refractivity contribution in [3.8, 4) is 0 Å². The first-order chi connectivity index (χ1) is 13.9. The SMILES string of the molecule is O=C(O)C(=O)O.O=[N+]([O-])c1ccc(CN2CCN(C3CCCCCC3)CC2)cc1. The van der Waals surface area contributed by atoms with Gasteiger partial charge in [-0.3, -0.25) is 19.9 Å². The minimum absolute atomic E-state index is 0.173. The normalized spacial score (nSPS) is 18.9. The lowest BCUT2D eigenvalue weighted by Crippen LogP contribution is -2.49. The van der Waals surface area contributed by atoms with Gasteiger partial charge in [0.2, 0.25) is 0 Å². The Bertz CT molecular complexity index is 666. The minimum Gasteiger partial charge on any atom is -0.473 e. The quantitative estimate of drug-likeness (QED) is 0.338. The summed E-state index contributed by atoms with van der Waals surface area (Å²) in [5.41, 5.74) is 1.34. The van der Waals surface area contributed by atoms with Crippen LogP contribution in [0.4, 0.5) is 5.69 Å². The van der Waals surface area contributed by atoms with Crippen molar-refractivity contribution in [2.45, 2.75) is 51.1 Å². The van der Waals surface area contributed by atoms with Crippen LogP contribution in [-0.4, -0.2) is 69.1 Å². The average molecular weight is 407 g/mol. The molecule has 1 aliphatic carbocycles. The number of carboxylic acids is 2. The van der Waals surface area contributed by atoms with E-state index in [9.17, 15) is 10.1 Å². The number of benzene rings is 1. The molecule has 1 aromatic rings. The van der Waals surface area contributed by atoms with Crippen LogP contribution in [0.1, 0.15) is 44.1 Å². The van der Waals surface area contributed by atoms with Crippen LogP contribution in [0.3, 0.4) is 0 Å². The molecule has 0 amide bonds. The lowest BCUT2D eigenvalue weighted by molar-refractivity contribution is -0.384. The van der Waals surface area contributed by atoms with Crippen LogP contribution in [0.5, 0.6) is 0 Å². The van der Waals surface area contributed by atoms with Gasteiger partial charge in [-0.2, -0.15) is 0 Å². The van der Waals surface area contributed by atoms with Gasteiger partial charge in [-0.15, -0.1) is 0 Å². The fraction of sp³-hybridized carbons (Fsp3) is 0.600. The zero-order valence-electron chi connectivity index (χ0n) is 16.5. The molecule has 2 N–H and O–H groups in total. The molecule has 2 aliphatic rings. The zero-order chi connectivity index (χ0) is 21.2. The van der Waals surface area contributed by atoms with E-state index >= 15 is 0 Å². The Hall–Kier alpha value is -2.52. The van der Waals surface area contributed by atoms with Crippen LogP contribution in [0.15, 0.2) is 24.3 Å². The van der Waals surface area contributed by atoms with E-state index in [0.717, 1.165) is 38.8 Å². The summed E-state index contributed by atoms with van der Waals surface area (Å²) in [6, 6.07) is 7.79. The van der Waals surface area contributed by atoms with Gasteiger partial charge in [0.1, 0.15) is 0 Å². The van der Waals surface area contributed by atoms with E-state index in [1.807, 2.05) is 12.1 Å². The van der Waals surface area contributed by atoms with E-state index in [-0.39, 0.29) is 10.6 Å². The zero-order valence-corrected chi connectivity index (χ0v) is 16.5. The fourth-order valence-electron chi connectivity index (χ4n) is 3.89. The highest BCUT2D eigenvalue weighted by molar-refractivity contribution is 6.27. The summed E-state index contributed by atoms with van der Waals surface area (Å²) in [7, 11) is 0. The molecule has 0 atom stereocenters. The number of carboxylic acid groups (broad SMARTS) is 2. The Balaban J connectivity index is 0.000000438. The Kier molecular flexibility index (Phi) is 9.01. The van der Waals surface area contributed by atoms with Crippen LogP contribution in [0.2, 0.25) is 0 Å². The molecule has 0 unspecified atom stereocenters. The van der Waals surface area contributed by atoms with Crippen LogP contribution in [-0.2, 0) is 16.1 Å². The van der Waals surface area contributed by atoms with Crippen LogP contribution in [0.25, 0.3) is 0 Å². The third kappa shape index (κ3) is 7.78. The summed E-state index contributed by atoms with van der Waals surface area (Å²) in [5, 5.41) is 25.5. The number of non-ortho nitro benzene ring substituents is 1. The molecular weight excluding hydrogens is 378 g/mol. The lowest BCUT2D eigenvalue weighted by atomic mass is 10.1. The van der Waals surface area contributed by atoms with Gasteiger partial charge in [0.05, 0.1) is 4.92 Å². The molecule has 1 aromatic carbocycles. The first-order valence-electron chi connectivity index (χ1n) is 10.0. The van der Waals surface area contributed by atoms with Crippen LogP contribution in [0, 0.1) is 10.1 Å². The number of piperazine rings is 1. The van der Waals surface area contributed by atoms with E-state index in [0.29, 0.717) is 0 Å². The van der Waals surface area contributed by atoms with Crippen LogP contribution >= 0.6 is 0 Å². The molecule has 9 nitrogen and oxygen atoms in total. The summed E-state index contributed by atoms with van der Waals surface area (Å²) < 4.78 is 0. The molecule has 9 heteroatoms. The van der Waals surface area contributed by atoms with Crippen molar-refractivity contribution >= 4 is 17.6 Å². The molecule has 160 valence electrons. The van der Waals surface area contributed by atoms with Crippen molar-refractivity contribution in [1.29, 1.82) is 0 Å². The standard InChI is InChI=1S/C18H27N3O2.C2H2O4/c22-21(23)18-9-7-16(8-10-18)15-19-11-13-20(14-12-19)17-5-3-1-2-4-6-17;3-1(4)2(5)6/h7-10,17H,1-6,11-15H2;(H,3,4)(H,5,6). The molecule has 3 rings (SSSR count). The summed E-state index contributed by atoms with van der Waals surface area (Å²) in [6.45, 7) is 5.44. The Morgan fingerprint density at radius 1 is 0.931 bits per heavy atom. The smallest absolute Gasteiger partial charge is 0.414 e. The average Bonchev–Trinajstić information content (AvgIpc) is 2.99. The Morgan fingerprint density at radius 3 is 1.90 bits per heavy atom. The van der Waals surface area contributed by atoms with E-state index in [1.54, 1.807) is 12.1 Å². The molecule has 1 aliphatic heterocycles. The third-order valence-electron chi connectivity index (χ3n) is 5.48. The summed E-state index contributed by atoms with van der Waals surface area (Å²) in [6.07, 6.45) is 8.37. The predicted octanol–water partition coefficient (Wildman–Crippen LogP) is 2.59. The maximum Gasteiger partial charge on any atom is 0.414 e. The molecular formula is C20H29N3O6. The number of carbonyl (C=O) groups is 2. The highest BCUT2D eigenvalue weighted by Gasteiger charge is 2.24. The Morgan fingerprint density at radius 2 is 1.45 bits per heavy atom. The second-order valence-corrected chi connectivity index (χ2v) is 7.49. The van der Waals surface area contributed by atoms with Gasteiger partial charge in [-0.05, 0) is 18.4 Å². The van der Waals surface area contributed by atoms with E-state index in [4.69, 9.17) is 19.8 Å². The monoisotopic (exact) mass is 407 g/mol. The summed E-state index contributed by atoms with van der Waals surface area (Å²) >= 11 is 0. The van der Waals surface area contributed by atoms with E-state index < -0.39 is 11.9 Å². The largest absolute Gasteiger partial charge is 0.473 e. The number of nitro groups is 1. The molecule has 29 heavy (non-hydrogen) atoms. The maximum absolute atomic E-state index is 10.7. The van der Waals surface area contributed by atoms with Gasteiger partial charge >= 0.3 is 11.9 Å². The van der Waals surface area contributed by atoms with Gasteiger partial charge in [0, 0.05) is 50.9 Å². The number of aliphatic carboxylic acids is 2. The van der Waals surface area contributed by atoms with Crippen molar-refractivity contribution in [2.75, 3.05) is 26.2 Å². The maximum atomic E-state index is 10.7. The molecule has 1 saturated carbocycles. The molecule has 0 bridgehead atoms. The van der Waals surface area contributed by atoms with Gasteiger partial charge < -0.3 is 10.2 Å². The van der Waals surface area contributed by atoms with Gasteiger partial charge in [0.25, 0.3) is 5.69 Å². The second kappa shape index (κ2) is 11.5. The summed E-state index contributed by atoms with van der Waals surface area (Å²) in [5.74, 6) is -3.65. The molecule has 1 heterocycles. The van der Waals surface area contributed by atoms with E-state index in [1.165, 1.54) is 44.1 Å². The highest BCUT2D eigenvalue weighted by Crippen LogP contribution is 2.23. The lowest BCUT2D eigenvalue weighted by Gasteiger charge is -2.39. The topological polar surface area (TPSA) is 124 Å². The molecule has 0 aromatic heterocycles. The number of nitrogens with zero attached hydrogens (tertiary/aromatic N) is 3. The number of hydrogen-bond donors (Lipinski definition) is 2. The molecule has 0 spiro atoms. The molecule has 1 saturated heterocycles. The third-order valence-corrected chi connectivity index (χ3v) is 5.48. The van der Waals surface area contributed by atoms with Gasteiger partial charge in [0.15, 0.2) is 0 Å². The van der Waals surface area contributed by atoms with Gasteiger partial charge in [-0.25, -0.2) is 9.59 Å². The van der Waals surface area contributed by atoms with Crippen LogP contribution < -0.4 is 0 Å². The summed E-state index contributed by atoms with van der Waals surface area (Å²) in [4.78, 5) is 33.7. The fourth-order valence-corrected chi connectivity index (χ4v) is 3.89.